The van der Waals surface area contributed by atoms with Crippen LogP contribution in [0, 0.1) is 0 Å². The van der Waals surface area contributed by atoms with Gasteiger partial charge in [0.2, 0.25) is 0 Å². The minimum Gasteiger partial charge on any atom is -0.497 e. The molecule has 3 nitrogen and oxygen atoms in total. The fourth-order valence-electron chi connectivity index (χ4n) is 2.96. The van der Waals surface area contributed by atoms with Crippen molar-refractivity contribution in [2.24, 2.45) is 0 Å². The van der Waals surface area contributed by atoms with Crippen LogP contribution in [0.25, 0.3) is 0 Å². The van der Waals surface area contributed by atoms with Gasteiger partial charge < -0.3 is 14.7 Å². The number of aliphatic hydroxyl groups excluding tert-OH is 1. The second-order valence-electron chi connectivity index (χ2n) is 5.46. The molecule has 1 N–H and O–H groups in total. The van der Waals surface area contributed by atoms with E-state index in [0.717, 1.165) is 31.7 Å². The molecule has 0 aliphatic carbocycles. The van der Waals surface area contributed by atoms with Gasteiger partial charge in [-0.05, 0) is 47.7 Å². The molecule has 1 aliphatic rings. The smallest absolute Gasteiger partial charge is 0.119 e. The Morgan fingerprint density at radius 3 is 2.86 bits per heavy atom. The first kappa shape index (κ1) is 14.0. The summed E-state index contributed by atoms with van der Waals surface area (Å²) in [6, 6.07) is 14.8. The van der Waals surface area contributed by atoms with E-state index in [4.69, 9.17) is 9.84 Å². The lowest BCUT2D eigenvalue weighted by Crippen LogP contribution is -2.19. The minimum atomic E-state index is 0.215. The molecule has 3 rings (SSSR count). The zero-order chi connectivity index (χ0) is 14.7. The molecular weight excluding hydrogens is 262 g/mol. The first-order valence-electron chi connectivity index (χ1n) is 7.40. The van der Waals surface area contributed by atoms with Crippen molar-refractivity contribution < 1.29 is 9.84 Å². The van der Waals surface area contributed by atoms with Gasteiger partial charge in [0.15, 0.2) is 0 Å². The van der Waals surface area contributed by atoms with Gasteiger partial charge in [0.05, 0.1) is 7.11 Å². The van der Waals surface area contributed by atoms with Crippen LogP contribution in [0.2, 0.25) is 0 Å². The number of anilines is 1. The van der Waals surface area contributed by atoms with Crippen LogP contribution in [0.15, 0.2) is 42.5 Å². The van der Waals surface area contributed by atoms with Crippen LogP contribution in [0.3, 0.4) is 0 Å². The summed E-state index contributed by atoms with van der Waals surface area (Å²) in [7, 11) is 1.70. The molecule has 0 atom stereocenters. The van der Waals surface area contributed by atoms with Gasteiger partial charge in [-0.3, -0.25) is 0 Å². The predicted molar refractivity (Wildman–Crippen MR) is 85.0 cm³/mol. The Bertz CT molecular complexity index is 624. The molecule has 0 bridgehead atoms. The maximum Gasteiger partial charge on any atom is 0.119 e. The van der Waals surface area contributed by atoms with E-state index in [-0.39, 0.29) is 6.61 Å². The van der Waals surface area contributed by atoms with Gasteiger partial charge in [-0.2, -0.15) is 0 Å². The highest BCUT2D eigenvalue weighted by Crippen LogP contribution is 2.30. The van der Waals surface area contributed by atoms with Crippen molar-refractivity contribution in [3.8, 4) is 5.75 Å². The molecule has 0 aromatic heterocycles. The standard InChI is InChI=1S/C18H21NO2/c1-21-17-4-2-3-15(12-17)13-19-9-7-16-11-14(8-10-20)5-6-18(16)19/h2-6,11-12,20H,7-10,13H2,1H3. The second kappa shape index (κ2) is 6.19. The average molecular weight is 283 g/mol. The zero-order valence-corrected chi connectivity index (χ0v) is 12.4. The summed E-state index contributed by atoms with van der Waals surface area (Å²) >= 11 is 0. The molecule has 21 heavy (non-hydrogen) atoms. The Hall–Kier alpha value is -2.00. The number of benzene rings is 2. The highest BCUT2D eigenvalue weighted by Gasteiger charge is 2.19. The SMILES string of the molecule is COc1cccc(CN2CCc3cc(CCO)ccc32)c1. The van der Waals surface area contributed by atoms with Crippen molar-refractivity contribution in [1.82, 2.24) is 0 Å². The van der Waals surface area contributed by atoms with Gasteiger partial charge >= 0.3 is 0 Å². The summed E-state index contributed by atoms with van der Waals surface area (Å²) in [4.78, 5) is 2.41. The first-order valence-corrected chi connectivity index (χ1v) is 7.40. The van der Waals surface area contributed by atoms with E-state index in [9.17, 15) is 0 Å². The average Bonchev–Trinajstić information content (AvgIpc) is 2.90. The molecule has 3 heteroatoms. The number of nitrogens with zero attached hydrogens (tertiary/aromatic N) is 1. The van der Waals surface area contributed by atoms with E-state index in [2.05, 4.69) is 35.2 Å². The van der Waals surface area contributed by atoms with Crippen LogP contribution < -0.4 is 9.64 Å². The van der Waals surface area contributed by atoms with E-state index in [1.807, 2.05) is 12.1 Å². The van der Waals surface area contributed by atoms with Gasteiger partial charge in [-0.25, -0.2) is 0 Å². The number of ether oxygens (including phenoxy) is 1. The molecule has 1 heterocycles. The monoisotopic (exact) mass is 283 g/mol. The molecular formula is C18H21NO2. The van der Waals surface area contributed by atoms with Gasteiger partial charge in [-0.1, -0.05) is 24.3 Å². The molecule has 0 spiro atoms. The number of hydrogen-bond donors (Lipinski definition) is 1. The van der Waals surface area contributed by atoms with Crippen LogP contribution in [-0.4, -0.2) is 25.4 Å². The summed E-state index contributed by atoms with van der Waals surface area (Å²) in [5.74, 6) is 0.908. The molecule has 110 valence electrons. The number of fused-ring (bicyclic) bond motifs is 1. The number of hydrogen-bond acceptors (Lipinski definition) is 3. The normalized spacial score (nSPS) is 13.3. The molecule has 2 aromatic carbocycles. The summed E-state index contributed by atoms with van der Waals surface area (Å²) in [5.41, 5.74) is 5.20. The lowest BCUT2D eigenvalue weighted by atomic mass is 10.1. The lowest BCUT2D eigenvalue weighted by molar-refractivity contribution is 0.299. The molecule has 0 saturated carbocycles. The molecule has 0 saturated heterocycles. The molecule has 0 radical (unpaired) electrons. The fraction of sp³-hybridized carbons (Fsp3) is 0.333. The van der Waals surface area contributed by atoms with Crippen LogP contribution in [-0.2, 0) is 19.4 Å². The number of aliphatic hydroxyl groups is 1. The van der Waals surface area contributed by atoms with Crippen molar-refractivity contribution in [3.05, 3.63) is 59.2 Å². The second-order valence-corrected chi connectivity index (χ2v) is 5.46. The maximum atomic E-state index is 9.04. The van der Waals surface area contributed by atoms with Gasteiger partial charge in [0.1, 0.15) is 5.75 Å². The summed E-state index contributed by atoms with van der Waals surface area (Å²) in [5, 5.41) is 9.04. The molecule has 2 aromatic rings. The quantitative estimate of drug-likeness (QED) is 0.916. The van der Waals surface area contributed by atoms with Crippen molar-refractivity contribution in [3.63, 3.8) is 0 Å². The van der Waals surface area contributed by atoms with Crippen molar-refractivity contribution in [2.75, 3.05) is 25.2 Å². The van der Waals surface area contributed by atoms with E-state index < -0.39 is 0 Å². The van der Waals surface area contributed by atoms with E-state index in [1.165, 1.54) is 22.4 Å². The largest absolute Gasteiger partial charge is 0.497 e. The van der Waals surface area contributed by atoms with Gasteiger partial charge in [-0.15, -0.1) is 0 Å². The van der Waals surface area contributed by atoms with Crippen molar-refractivity contribution in [2.45, 2.75) is 19.4 Å². The maximum absolute atomic E-state index is 9.04. The fourth-order valence-corrected chi connectivity index (χ4v) is 2.96. The summed E-state index contributed by atoms with van der Waals surface area (Å²) in [6.07, 6.45) is 1.82. The van der Waals surface area contributed by atoms with Gasteiger partial charge in [0, 0.05) is 25.4 Å². The van der Waals surface area contributed by atoms with E-state index in [0.29, 0.717) is 0 Å². The third kappa shape index (κ3) is 3.03. The summed E-state index contributed by atoms with van der Waals surface area (Å²) < 4.78 is 5.29. The third-order valence-corrected chi connectivity index (χ3v) is 4.04. The van der Waals surface area contributed by atoms with Crippen LogP contribution in [0.5, 0.6) is 5.75 Å². The van der Waals surface area contributed by atoms with Gasteiger partial charge in [0.25, 0.3) is 0 Å². The van der Waals surface area contributed by atoms with E-state index >= 15 is 0 Å². The van der Waals surface area contributed by atoms with Crippen LogP contribution in [0.4, 0.5) is 5.69 Å². The molecule has 0 fully saturated rings. The Morgan fingerprint density at radius 1 is 1.14 bits per heavy atom. The Morgan fingerprint density at radius 2 is 2.05 bits per heavy atom. The first-order chi connectivity index (χ1) is 10.3. The Kier molecular flexibility index (Phi) is 4.11. The summed E-state index contributed by atoms with van der Waals surface area (Å²) in [6.45, 7) is 2.17. The molecule has 0 unspecified atom stereocenters. The van der Waals surface area contributed by atoms with Crippen LogP contribution >= 0.6 is 0 Å². The topological polar surface area (TPSA) is 32.7 Å². The molecule has 1 aliphatic heterocycles. The zero-order valence-electron chi connectivity index (χ0n) is 12.4. The predicted octanol–water partition coefficient (Wildman–Crippen LogP) is 2.79. The highest BCUT2D eigenvalue weighted by molar-refractivity contribution is 5.59. The Labute approximate surface area is 125 Å². The van der Waals surface area contributed by atoms with Crippen molar-refractivity contribution in [1.29, 1.82) is 0 Å². The Balaban J connectivity index is 1.77. The number of rotatable bonds is 5. The lowest BCUT2D eigenvalue weighted by Gasteiger charge is -2.20. The number of methoxy groups -OCH3 is 1. The third-order valence-electron chi connectivity index (χ3n) is 4.04. The minimum absolute atomic E-state index is 0.215. The molecule has 0 amide bonds. The van der Waals surface area contributed by atoms with E-state index in [1.54, 1.807) is 7.11 Å². The van der Waals surface area contributed by atoms with Crippen molar-refractivity contribution >= 4 is 5.69 Å². The van der Waals surface area contributed by atoms with Crippen LogP contribution in [0.1, 0.15) is 16.7 Å². The highest BCUT2D eigenvalue weighted by atomic mass is 16.5.